The van der Waals surface area contributed by atoms with Crippen LogP contribution in [0.5, 0.6) is 17.2 Å². The molecule has 0 saturated carbocycles. The van der Waals surface area contributed by atoms with E-state index in [0.29, 0.717) is 30.0 Å². The van der Waals surface area contributed by atoms with E-state index in [0.717, 1.165) is 29.5 Å². The summed E-state index contributed by atoms with van der Waals surface area (Å²) in [5, 5.41) is 0.809. The van der Waals surface area contributed by atoms with Gasteiger partial charge in [-0.15, -0.1) is 0 Å². The highest BCUT2D eigenvalue weighted by atomic mass is 19.1. The van der Waals surface area contributed by atoms with E-state index >= 15 is 0 Å². The minimum atomic E-state index is -0.755. The molecule has 1 aliphatic rings. The second-order valence-corrected chi connectivity index (χ2v) is 9.01. The molecule has 4 heterocycles. The Morgan fingerprint density at radius 2 is 2.06 bits per heavy atom. The van der Waals surface area contributed by atoms with Gasteiger partial charge in [-0.05, 0) is 54.8 Å². The Bertz CT molecular complexity index is 1350. The summed E-state index contributed by atoms with van der Waals surface area (Å²) >= 11 is 0. The van der Waals surface area contributed by atoms with Crippen LogP contribution in [0.15, 0.2) is 61.2 Å². The van der Waals surface area contributed by atoms with Gasteiger partial charge in [0.2, 0.25) is 5.91 Å². The average Bonchev–Trinajstić information content (AvgIpc) is 3.28. The average molecular weight is 490 g/mol. The first-order chi connectivity index (χ1) is 17.5. The van der Waals surface area contributed by atoms with Gasteiger partial charge in [0, 0.05) is 44.5 Å². The quantitative estimate of drug-likeness (QED) is 0.404. The number of nitrogens with one attached hydrogen (secondary N) is 1. The predicted molar refractivity (Wildman–Crippen MR) is 133 cm³/mol. The lowest BCUT2D eigenvalue weighted by Gasteiger charge is -2.33. The number of carbonyl (C=O) groups excluding carboxylic acids is 1. The van der Waals surface area contributed by atoms with Crippen molar-refractivity contribution < 1.29 is 18.7 Å². The van der Waals surface area contributed by atoms with E-state index in [1.165, 1.54) is 6.07 Å². The number of benzene rings is 1. The number of nitrogens with zero attached hydrogens (tertiary/aromatic N) is 3. The Balaban J connectivity index is 1.17. The van der Waals surface area contributed by atoms with Crippen molar-refractivity contribution in [1.29, 1.82) is 0 Å². The first-order valence-corrected chi connectivity index (χ1v) is 12.0. The largest absolute Gasteiger partial charge is 0.489 e. The van der Waals surface area contributed by atoms with Crippen molar-refractivity contribution in [3.8, 4) is 17.2 Å². The molecule has 4 aromatic rings. The number of carbonyl (C=O) groups is 1. The maximum atomic E-state index is 14.9. The standard InChI is InChI=1S/C27H28FN5O3/c1-17-15-32-26-25(17)24(6-10-31-26)36-23-5-4-18(13-21(23)28)14-22(29)27(34)33-11-7-19(8-12-33)35-20-3-2-9-30-16-20/h2-6,9-10,13,15-16,19,22H,7-8,11-12,14,29H2,1H3,(H,31,32). The highest BCUT2D eigenvalue weighted by molar-refractivity contribution is 5.86. The second kappa shape index (κ2) is 10.3. The number of ether oxygens (including phenoxy) is 2. The Labute approximate surface area is 208 Å². The van der Waals surface area contributed by atoms with Crippen molar-refractivity contribution in [3.63, 3.8) is 0 Å². The van der Waals surface area contributed by atoms with Crippen LogP contribution < -0.4 is 15.2 Å². The minimum absolute atomic E-state index is 0.0350. The Kier molecular flexibility index (Phi) is 6.81. The first kappa shape index (κ1) is 23.7. The zero-order chi connectivity index (χ0) is 25.1. The van der Waals surface area contributed by atoms with Gasteiger partial charge >= 0.3 is 0 Å². The summed E-state index contributed by atoms with van der Waals surface area (Å²) < 4.78 is 26.7. The van der Waals surface area contributed by atoms with Gasteiger partial charge in [-0.25, -0.2) is 9.37 Å². The summed E-state index contributed by atoms with van der Waals surface area (Å²) in [6.07, 6.45) is 8.53. The Morgan fingerprint density at radius 3 is 2.81 bits per heavy atom. The van der Waals surface area contributed by atoms with Crippen LogP contribution in [0.2, 0.25) is 0 Å². The zero-order valence-electron chi connectivity index (χ0n) is 20.0. The van der Waals surface area contributed by atoms with Crippen molar-refractivity contribution in [2.24, 2.45) is 5.73 Å². The molecule has 1 fully saturated rings. The highest BCUT2D eigenvalue weighted by Gasteiger charge is 2.27. The molecule has 1 aromatic carbocycles. The summed E-state index contributed by atoms with van der Waals surface area (Å²) in [5.74, 6) is 0.692. The highest BCUT2D eigenvalue weighted by Crippen LogP contribution is 2.32. The molecule has 8 nitrogen and oxygen atoms in total. The second-order valence-electron chi connectivity index (χ2n) is 9.01. The number of halogens is 1. The van der Waals surface area contributed by atoms with E-state index in [1.807, 2.05) is 25.3 Å². The maximum absolute atomic E-state index is 14.9. The molecular formula is C27H28FN5O3. The molecule has 9 heteroatoms. The molecule has 36 heavy (non-hydrogen) atoms. The number of fused-ring (bicyclic) bond motifs is 1. The smallest absolute Gasteiger partial charge is 0.239 e. The number of aryl methyl sites for hydroxylation is 1. The van der Waals surface area contributed by atoms with Crippen LogP contribution >= 0.6 is 0 Å². The van der Waals surface area contributed by atoms with E-state index in [4.69, 9.17) is 15.2 Å². The number of aromatic nitrogens is 3. The number of likely N-dealkylation sites (tertiary alicyclic amines) is 1. The summed E-state index contributed by atoms with van der Waals surface area (Å²) in [4.78, 5) is 26.1. The molecule has 0 bridgehead atoms. The molecule has 5 rings (SSSR count). The van der Waals surface area contributed by atoms with E-state index < -0.39 is 11.9 Å². The Hall–Kier alpha value is -3.98. The van der Waals surface area contributed by atoms with Gasteiger partial charge in [-0.2, -0.15) is 0 Å². The topological polar surface area (TPSA) is 106 Å². The van der Waals surface area contributed by atoms with Crippen LogP contribution in [0.3, 0.4) is 0 Å². The van der Waals surface area contributed by atoms with E-state index in [9.17, 15) is 9.18 Å². The number of pyridine rings is 2. The van der Waals surface area contributed by atoms with Gasteiger partial charge in [-0.1, -0.05) is 6.07 Å². The normalized spacial score (nSPS) is 15.1. The van der Waals surface area contributed by atoms with Crippen LogP contribution in [0.25, 0.3) is 11.0 Å². The molecular weight excluding hydrogens is 461 g/mol. The summed E-state index contributed by atoms with van der Waals surface area (Å²) in [5.41, 5.74) is 8.50. The van der Waals surface area contributed by atoms with Gasteiger partial charge in [0.15, 0.2) is 11.6 Å². The number of aromatic amines is 1. The van der Waals surface area contributed by atoms with Gasteiger partial charge < -0.3 is 25.1 Å². The molecule has 0 radical (unpaired) electrons. The lowest BCUT2D eigenvalue weighted by molar-refractivity contribution is -0.134. The third-order valence-corrected chi connectivity index (χ3v) is 6.41. The molecule has 0 aliphatic carbocycles. The Morgan fingerprint density at radius 1 is 1.22 bits per heavy atom. The van der Waals surface area contributed by atoms with Crippen molar-refractivity contribution in [2.45, 2.75) is 38.3 Å². The molecule has 1 saturated heterocycles. The third kappa shape index (κ3) is 5.16. The minimum Gasteiger partial charge on any atom is -0.489 e. The van der Waals surface area contributed by atoms with E-state index in [-0.39, 0.29) is 24.2 Å². The fraction of sp³-hybridized carbons (Fsp3) is 0.296. The summed E-state index contributed by atoms with van der Waals surface area (Å²) in [7, 11) is 0. The van der Waals surface area contributed by atoms with Crippen LogP contribution in [0.1, 0.15) is 24.0 Å². The maximum Gasteiger partial charge on any atom is 0.239 e. The lowest BCUT2D eigenvalue weighted by Crippen LogP contribution is -2.49. The number of hydrogen-bond donors (Lipinski definition) is 2. The van der Waals surface area contributed by atoms with Crippen LogP contribution in [-0.2, 0) is 11.2 Å². The molecule has 1 atom stereocenters. The molecule has 1 amide bonds. The van der Waals surface area contributed by atoms with Gasteiger partial charge in [0.25, 0.3) is 0 Å². The van der Waals surface area contributed by atoms with Crippen LogP contribution in [0, 0.1) is 12.7 Å². The fourth-order valence-corrected chi connectivity index (χ4v) is 4.52. The van der Waals surface area contributed by atoms with Gasteiger partial charge in [-0.3, -0.25) is 9.78 Å². The number of hydrogen-bond acceptors (Lipinski definition) is 6. The number of nitrogens with two attached hydrogens (primary N) is 1. The molecule has 0 spiro atoms. The number of rotatable bonds is 7. The summed E-state index contributed by atoms with van der Waals surface area (Å²) in [6.45, 7) is 3.07. The summed E-state index contributed by atoms with van der Waals surface area (Å²) in [6, 6.07) is 9.33. The number of H-pyrrole nitrogens is 1. The molecule has 186 valence electrons. The molecule has 3 aromatic heterocycles. The van der Waals surface area contributed by atoms with E-state index in [2.05, 4.69) is 15.0 Å². The number of piperidine rings is 1. The monoisotopic (exact) mass is 489 g/mol. The lowest BCUT2D eigenvalue weighted by atomic mass is 10.0. The van der Waals surface area contributed by atoms with Crippen LogP contribution in [0.4, 0.5) is 4.39 Å². The molecule has 3 N–H and O–H groups in total. The SMILES string of the molecule is Cc1c[nH]c2nccc(Oc3ccc(CC(N)C(=O)N4CCC(Oc5cccnc5)CC4)cc3F)c12. The van der Waals surface area contributed by atoms with Crippen molar-refractivity contribution in [2.75, 3.05) is 13.1 Å². The van der Waals surface area contributed by atoms with Gasteiger partial charge in [0.1, 0.15) is 23.3 Å². The fourth-order valence-electron chi connectivity index (χ4n) is 4.52. The number of amides is 1. The zero-order valence-corrected chi connectivity index (χ0v) is 20.0. The van der Waals surface area contributed by atoms with E-state index in [1.54, 1.807) is 41.7 Å². The third-order valence-electron chi connectivity index (χ3n) is 6.41. The van der Waals surface area contributed by atoms with Crippen LogP contribution in [-0.4, -0.2) is 51.0 Å². The van der Waals surface area contributed by atoms with Crippen molar-refractivity contribution in [3.05, 3.63) is 78.1 Å². The first-order valence-electron chi connectivity index (χ1n) is 12.0. The van der Waals surface area contributed by atoms with Crippen molar-refractivity contribution >= 4 is 16.9 Å². The molecule has 1 unspecified atom stereocenters. The predicted octanol–water partition coefficient (Wildman–Crippen LogP) is 4.14. The van der Waals surface area contributed by atoms with Gasteiger partial charge in [0.05, 0.1) is 17.6 Å². The molecule has 1 aliphatic heterocycles. The van der Waals surface area contributed by atoms with Crippen molar-refractivity contribution in [1.82, 2.24) is 19.9 Å².